The minimum atomic E-state index is -3.55. The average Bonchev–Trinajstić information content (AvgIpc) is 2.52. The predicted molar refractivity (Wildman–Crippen MR) is 94.2 cm³/mol. The highest BCUT2D eigenvalue weighted by atomic mass is 79.9. The van der Waals surface area contributed by atoms with Crippen molar-refractivity contribution in [1.29, 1.82) is 0 Å². The molecule has 0 fully saturated rings. The van der Waals surface area contributed by atoms with Gasteiger partial charge in [0.1, 0.15) is 0 Å². The first-order valence-corrected chi connectivity index (χ1v) is 9.16. The molecular weight excluding hydrogens is 382 g/mol. The fraction of sp³-hybridized carbons (Fsp3) is 0.286. The number of hydrogen-bond donors (Lipinski definition) is 2. The second-order valence-corrected chi connectivity index (χ2v) is 7.54. The van der Waals surface area contributed by atoms with E-state index in [9.17, 15) is 8.42 Å². The highest BCUT2D eigenvalue weighted by molar-refractivity contribution is 9.10. The molecule has 0 amide bonds. The molecule has 2 N–H and O–H groups in total. The summed E-state index contributed by atoms with van der Waals surface area (Å²) in [7, 11) is 0.271. The maximum Gasteiger partial charge on any atom is 0.241 e. The number of anilines is 2. The van der Waals surface area contributed by atoms with E-state index in [0.29, 0.717) is 16.8 Å². The van der Waals surface area contributed by atoms with Crippen molar-refractivity contribution in [3.8, 4) is 0 Å². The third-order valence-electron chi connectivity index (χ3n) is 3.01. The Morgan fingerprint density at radius 1 is 1.22 bits per heavy atom. The van der Waals surface area contributed by atoms with E-state index >= 15 is 0 Å². The minimum absolute atomic E-state index is 0.217. The summed E-state index contributed by atoms with van der Waals surface area (Å²) in [6.07, 6.45) is 1.65. The van der Waals surface area contributed by atoms with Crippen LogP contribution in [0.5, 0.6) is 0 Å². The molecular formula is C14H18BrN5O2S. The number of rotatable bonds is 7. The first kappa shape index (κ1) is 17.6. The van der Waals surface area contributed by atoms with Crippen molar-refractivity contribution in [2.75, 3.05) is 37.4 Å². The van der Waals surface area contributed by atoms with Crippen molar-refractivity contribution in [3.63, 3.8) is 0 Å². The highest BCUT2D eigenvalue weighted by Crippen LogP contribution is 2.20. The van der Waals surface area contributed by atoms with Crippen LogP contribution in [0.3, 0.4) is 0 Å². The molecule has 0 aliphatic rings. The zero-order valence-electron chi connectivity index (χ0n) is 12.8. The summed E-state index contributed by atoms with van der Waals surface area (Å²) in [5.74, 6) is 0.594. The maximum atomic E-state index is 12.2. The summed E-state index contributed by atoms with van der Waals surface area (Å²) in [6, 6.07) is 8.53. The lowest BCUT2D eigenvalue weighted by Gasteiger charge is -2.13. The van der Waals surface area contributed by atoms with Gasteiger partial charge in [0, 0.05) is 37.7 Å². The third kappa shape index (κ3) is 4.88. The number of halogens is 1. The second-order valence-electron chi connectivity index (χ2n) is 4.95. The average molecular weight is 400 g/mol. The molecule has 0 saturated heterocycles. The molecule has 9 heteroatoms. The van der Waals surface area contributed by atoms with Gasteiger partial charge < -0.3 is 10.2 Å². The molecule has 0 aliphatic heterocycles. The molecule has 23 heavy (non-hydrogen) atoms. The van der Waals surface area contributed by atoms with Crippen LogP contribution in [0.4, 0.5) is 11.5 Å². The van der Waals surface area contributed by atoms with Crippen LogP contribution in [0, 0.1) is 0 Å². The van der Waals surface area contributed by atoms with E-state index in [-0.39, 0.29) is 11.4 Å². The number of sulfonamides is 1. The van der Waals surface area contributed by atoms with Gasteiger partial charge in [-0.25, -0.2) is 13.1 Å². The van der Waals surface area contributed by atoms with E-state index in [1.807, 2.05) is 25.1 Å². The molecule has 0 aliphatic carbocycles. The Morgan fingerprint density at radius 3 is 2.65 bits per heavy atom. The highest BCUT2D eigenvalue weighted by Gasteiger charge is 2.16. The van der Waals surface area contributed by atoms with Gasteiger partial charge in [-0.1, -0.05) is 12.1 Å². The molecule has 7 nitrogen and oxygen atoms in total. The van der Waals surface area contributed by atoms with Crippen molar-refractivity contribution in [2.45, 2.75) is 4.90 Å². The molecule has 0 atom stereocenters. The molecule has 0 unspecified atom stereocenters. The lowest BCUT2D eigenvalue weighted by molar-refractivity contribution is 0.582. The number of nitrogens with zero attached hydrogens (tertiary/aromatic N) is 3. The lowest BCUT2D eigenvalue weighted by atomic mass is 10.4. The van der Waals surface area contributed by atoms with E-state index in [0.717, 1.165) is 5.69 Å². The van der Waals surface area contributed by atoms with Gasteiger partial charge in [-0.3, -0.25) is 0 Å². The Morgan fingerprint density at radius 2 is 1.96 bits per heavy atom. The monoisotopic (exact) mass is 399 g/mol. The van der Waals surface area contributed by atoms with Gasteiger partial charge in [-0.15, -0.1) is 5.10 Å². The van der Waals surface area contributed by atoms with E-state index in [4.69, 9.17) is 0 Å². The molecule has 0 radical (unpaired) electrons. The Labute approximate surface area is 144 Å². The Kier molecular flexibility index (Phi) is 5.91. The smallest absolute Gasteiger partial charge is 0.241 e. The summed E-state index contributed by atoms with van der Waals surface area (Å²) < 4.78 is 27.5. The quantitative estimate of drug-likeness (QED) is 0.688. The lowest BCUT2D eigenvalue weighted by Crippen LogP contribution is -2.29. The van der Waals surface area contributed by atoms with Gasteiger partial charge in [0.25, 0.3) is 0 Å². The Balaban J connectivity index is 1.90. The van der Waals surface area contributed by atoms with Gasteiger partial charge >= 0.3 is 0 Å². The number of aromatic nitrogens is 2. The van der Waals surface area contributed by atoms with Crippen LogP contribution in [0.15, 0.2) is 45.9 Å². The summed E-state index contributed by atoms with van der Waals surface area (Å²) in [4.78, 5) is 2.13. The van der Waals surface area contributed by atoms with Crippen molar-refractivity contribution >= 4 is 37.5 Å². The van der Waals surface area contributed by atoms with Gasteiger partial charge in [-0.2, -0.15) is 5.10 Å². The molecule has 1 heterocycles. The molecule has 2 rings (SSSR count). The molecule has 0 spiro atoms. The number of nitrogens with one attached hydrogen (secondary N) is 2. The Bertz CT molecular complexity index is 767. The molecule has 2 aromatic rings. The predicted octanol–water partition coefficient (Wildman–Crippen LogP) is 1.70. The molecule has 124 valence electrons. The SMILES string of the molecule is CN(C)c1cnnc(NCCNS(=O)(=O)c2ccccc2Br)c1. The second kappa shape index (κ2) is 7.71. The van der Waals surface area contributed by atoms with E-state index in [2.05, 4.69) is 36.2 Å². The largest absolute Gasteiger partial charge is 0.376 e. The summed E-state index contributed by atoms with van der Waals surface area (Å²) in [6.45, 7) is 0.632. The molecule has 1 aromatic heterocycles. The summed E-state index contributed by atoms with van der Waals surface area (Å²) in [5.41, 5.74) is 0.913. The van der Waals surface area contributed by atoms with Crippen LogP contribution < -0.4 is 14.9 Å². The maximum absolute atomic E-state index is 12.2. The minimum Gasteiger partial charge on any atom is -0.376 e. The first-order valence-electron chi connectivity index (χ1n) is 6.88. The topological polar surface area (TPSA) is 87.2 Å². The van der Waals surface area contributed by atoms with E-state index < -0.39 is 10.0 Å². The fourth-order valence-corrected chi connectivity index (χ4v) is 3.84. The van der Waals surface area contributed by atoms with Crippen LogP contribution in [0.1, 0.15) is 0 Å². The van der Waals surface area contributed by atoms with Crippen molar-refractivity contribution in [3.05, 3.63) is 41.0 Å². The van der Waals surface area contributed by atoms with E-state index in [1.165, 1.54) is 0 Å². The standard InChI is InChI=1S/C14H18BrN5O2S/c1-20(2)11-9-14(19-17-10-11)16-7-8-18-23(21,22)13-6-4-3-5-12(13)15/h3-6,9-10,18H,7-8H2,1-2H3,(H,16,19). The molecule has 0 bridgehead atoms. The van der Waals surface area contributed by atoms with E-state index in [1.54, 1.807) is 30.5 Å². The zero-order chi connectivity index (χ0) is 16.9. The van der Waals surface area contributed by atoms with Gasteiger partial charge in [0.2, 0.25) is 10.0 Å². The van der Waals surface area contributed by atoms with Gasteiger partial charge in [0.15, 0.2) is 5.82 Å². The Hall–Kier alpha value is -1.71. The normalized spacial score (nSPS) is 11.3. The third-order valence-corrected chi connectivity index (χ3v) is 5.48. The summed E-state index contributed by atoms with van der Waals surface area (Å²) >= 11 is 3.24. The van der Waals surface area contributed by atoms with Crippen LogP contribution in [-0.4, -0.2) is 45.8 Å². The van der Waals surface area contributed by atoms with Crippen molar-refractivity contribution < 1.29 is 8.42 Å². The fourth-order valence-electron chi connectivity index (χ4n) is 1.80. The molecule has 1 aromatic carbocycles. The molecule has 0 saturated carbocycles. The van der Waals surface area contributed by atoms with Crippen molar-refractivity contribution in [1.82, 2.24) is 14.9 Å². The van der Waals surface area contributed by atoms with Crippen LogP contribution in [0.2, 0.25) is 0 Å². The van der Waals surface area contributed by atoms with Crippen LogP contribution in [0.25, 0.3) is 0 Å². The van der Waals surface area contributed by atoms with Crippen LogP contribution in [-0.2, 0) is 10.0 Å². The number of hydrogen-bond acceptors (Lipinski definition) is 6. The van der Waals surface area contributed by atoms with Crippen LogP contribution >= 0.6 is 15.9 Å². The first-order chi connectivity index (χ1) is 10.9. The van der Waals surface area contributed by atoms with Gasteiger partial charge in [0.05, 0.1) is 16.8 Å². The zero-order valence-corrected chi connectivity index (χ0v) is 15.2. The van der Waals surface area contributed by atoms with Crippen molar-refractivity contribution in [2.24, 2.45) is 0 Å². The summed E-state index contributed by atoms with van der Waals surface area (Å²) in [5, 5.41) is 10.9. The number of benzene rings is 1. The van der Waals surface area contributed by atoms with Gasteiger partial charge in [-0.05, 0) is 28.1 Å².